The highest BCUT2D eigenvalue weighted by Crippen LogP contribution is 2.34. The molecular weight excluding hydrogens is 358 g/mol. The minimum absolute atomic E-state index is 0.207. The van der Waals surface area contributed by atoms with Gasteiger partial charge < -0.3 is 4.90 Å². The van der Waals surface area contributed by atoms with E-state index < -0.39 is 5.92 Å². The summed E-state index contributed by atoms with van der Waals surface area (Å²) in [6.07, 6.45) is -0.207. The number of hydrogen-bond donors (Lipinski definition) is 0. The Morgan fingerprint density at radius 1 is 1.19 bits per heavy atom. The van der Waals surface area contributed by atoms with Crippen LogP contribution in [0.2, 0.25) is 0 Å². The lowest BCUT2D eigenvalue weighted by Gasteiger charge is -2.22. The third-order valence-corrected chi connectivity index (χ3v) is 4.53. The number of rotatable bonds is 3. The van der Waals surface area contributed by atoms with Gasteiger partial charge in [0.25, 0.3) is 5.92 Å². The Balaban J connectivity index is 1.84. The molecule has 27 heavy (non-hydrogen) atoms. The van der Waals surface area contributed by atoms with Crippen molar-refractivity contribution in [2.24, 2.45) is 0 Å². The third-order valence-electron chi connectivity index (χ3n) is 4.53. The first-order valence-electron chi connectivity index (χ1n) is 8.66. The van der Waals surface area contributed by atoms with Crippen molar-refractivity contribution in [1.82, 2.24) is 35.3 Å². The van der Waals surface area contributed by atoms with E-state index >= 15 is 0 Å². The van der Waals surface area contributed by atoms with Crippen LogP contribution >= 0.6 is 0 Å². The third kappa shape index (κ3) is 3.21. The van der Waals surface area contributed by atoms with Gasteiger partial charge in [-0.25, -0.2) is 28.1 Å². The monoisotopic (exact) mass is 378 g/mol. The molecule has 1 aliphatic heterocycles. The number of alkyl halides is 2. The topological polar surface area (TPSA) is 98.6 Å². The molecule has 1 saturated heterocycles. The molecular formula is C16H20F2N8O. The highest BCUT2D eigenvalue weighted by atomic mass is 19.3. The smallest absolute Gasteiger partial charge is 0.266 e. The summed E-state index contributed by atoms with van der Waals surface area (Å²) >= 11 is 0. The molecule has 0 unspecified atom stereocenters. The van der Waals surface area contributed by atoms with E-state index in [2.05, 4.69) is 30.6 Å². The van der Waals surface area contributed by atoms with Gasteiger partial charge >= 0.3 is 0 Å². The van der Waals surface area contributed by atoms with Gasteiger partial charge in [0.1, 0.15) is 17.2 Å². The van der Waals surface area contributed by atoms with Crippen LogP contribution in [0.3, 0.4) is 0 Å². The first kappa shape index (κ1) is 17.7. The Hall–Kier alpha value is -2.72. The van der Waals surface area contributed by atoms with Gasteiger partial charge in [-0.2, -0.15) is 0 Å². The Kier molecular flexibility index (Phi) is 3.86. The number of nitrogens with zero attached hydrogens (tertiary/aromatic N) is 8. The minimum atomic E-state index is -2.74. The van der Waals surface area contributed by atoms with E-state index in [0.29, 0.717) is 34.2 Å². The average Bonchev–Trinajstić information content (AvgIpc) is 3.26. The highest BCUT2D eigenvalue weighted by molar-refractivity contribution is 5.83. The molecule has 11 heteroatoms. The number of aromatic nitrogens is 7. The quantitative estimate of drug-likeness (QED) is 0.683. The average molecular weight is 378 g/mol. The Morgan fingerprint density at radius 2 is 1.96 bits per heavy atom. The minimum Gasteiger partial charge on any atom is -0.348 e. The van der Waals surface area contributed by atoms with Crippen molar-refractivity contribution in [2.45, 2.75) is 52.0 Å². The fraction of sp³-hybridized carbons (Fsp3) is 0.625. The maximum absolute atomic E-state index is 13.8. The number of hydrogen-bond acceptors (Lipinski definition) is 8. The van der Waals surface area contributed by atoms with Crippen molar-refractivity contribution in [3.05, 3.63) is 17.2 Å². The lowest BCUT2D eigenvalue weighted by atomic mass is 9.96. The molecule has 4 rings (SSSR count). The zero-order chi connectivity index (χ0) is 19.4. The van der Waals surface area contributed by atoms with Crippen molar-refractivity contribution in [3.63, 3.8) is 0 Å². The van der Waals surface area contributed by atoms with Crippen LogP contribution in [-0.2, 0) is 12.0 Å². The van der Waals surface area contributed by atoms with Gasteiger partial charge in [-0.3, -0.25) is 0 Å². The molecule has 0 N–H and O–H groups in total. The number of halogens is 2. The summed E-state index contributed by atoms with van der Waals surface area (Å²) in [6.45, 7) is 7.77. The first-order valence-corrected chi connectivity index (χ1v) is 8.66. The van der Waals surface area contributed by atoms with Crippen LogP contribution in [-0.4, -0.2) is 54.3 Å². The summed E-state index contributed by atoms with van der Waals surface area (Å²) in [5.74, 6) is -1.80. The Labute approximate surface area is 153 Å². The lowest BCUT2D eigenvalue weighted by Crippen LogP contribution is -2.27. The van der Waals surface area contributed by atoms with Crippen LogP contribution in [0.15, 0.2) is 4.63 Å². The summed E-state index contributed by atoms with van der Waals surface area (Å²) in [6, 6.07) is 0. The predicted molar refractivity (Wildman–Crippen MR) is 91.7 cm³/mol. The summed E-state index contributed by atoms with van der Waals surface area (Å²) in [5.41, 5.74) is 1.75. The Bertz CT molecular complexity index is 990. The van der Waals surface area contributed by atoms with Crippen molar-refractivity contribution in [3.8, 4) is 0 Å². The van der Waals surface area contributed by atoms with Crippen molar-refractivity contribution >= 4 is 17.0 Å². The summed E-state index contributed by atoms with van der Waals surface area (Å²) in [7, 11) is 0. The van der Waals surface area contributed by atoms with E-state index in [0.717, 1.165) is 0 Å². The molecule has 3 aromatic rings. The molecule has 1 fully saturated rings. The number of aryl methyl sites for hydroxylation is 1. The summed E-state index contributed by atoms with van der Waals surface area (Å²) in [4.78, 5) is 10.7. The number of fused-ring (bicyclic) bond motifs is 1. The summed E-state index contributed by atoms with van der Waals surface area (Å²) in [5, 5.41) is 15.9. The van der Waals surface area contributed by atoms with Gasteiger partial charge in [-0.1, -0.05) is 36.3 Å². The van der Waals surface area contributed by atoms with E-state index in [4.69, 9.17) is 4.63 Å². The zero-order valence-electron chi connectivity index (χ0n) is 15.6. The normalized spacial score (nSPS) is 17.2. The first-order chi connectivity index (χ1) is 12.6. The van der Waals surface area contributed by atoms with Crippen LogP contribution in [0.5, 0.6) is 0 Å². The van der Waals surface area contributed by atoms with Gasteiger partial charge in [0, 0.05) is 18.4 Å². The molecule has 0 aliphatic carbocycles. The standard InChI is InChI=1S/C16H20F2N8O/c1-9-10(23-27-22-9)7-26-13-11(21-24-26)12(19-14(20-13)15(2,3)4)25-6-5-16(17,18)8-25/h5-8H2,1-4H3. The molecule has 0 bridgehead atoms. The van der Waals surface area contributed by atoms with Crippen molar-refractivity contribution < 1.29 is 13.4 Å². The molecule has 144 valence electrons. The molecule has 3 aromatic heterocycles. The molecule has 0 saturated carbocycles. The molecule has 0 amide bonds. The molecule has 0 radical (unpaired) electrons. The molecule has 0 aromatic carbocycles. The van der Waals surface area contributed by atoms with Gasteiger partial charge in [-0.05, 0) is 6.92 Å². The SMILES string of the molecule is Cc1nonc1Cn1nnc2c(N3CCC(F)(F)C3)nc(C(C)(C)C)nc21. The fourth-order valence-corrected chi connectivity index (χ4v) is 2.96. The van der Waals surface area contributed by atoms with Gasteiger partial charge in [0.2, 0.25) is 0 Å². The van der Waals surface area contributed by atoms with Crippen LogP contribution in [0.25, 0.3) is 11.2 Å². The van der Waals surface area contributed by atoms with E-state index in [9.17, 15) is 8.78 Å². The Morgan fingerprint density at radius 3 is 2.56 bits per heavy atom. The van der Waals surface area contributed by atoms with Crippen LogP contribution in [0, 0.1) is 6.92 Å². The van der Waals surface area contributed by atoms with E-state index in [-0.39, 0.29) is 31.5 Å². The lowest BCUT2D eigenvalue weighted by molar-refractivity contribution is 0.0257. The van der Waals surface area contributed by atoms with Crippen LogP contribution in [0.1, 0.15) is 44.4 Å². The van der Waals surface area contributed by atoms with E-state index in [1.165, 1.54) is 0 Å². The van der Waals surface area contributed by atoms with Crippen LogP contribution in [0.4, 0.5) is 14.6 Å². The van der Waals surface area contributed by atoms with Gasteiger partial charge in [-0.15, -0.1) is 5.10 Å². The van der Waals surface area contributed by atoms with E-state index in [1.807, 2.05) is 20.8 Å². The summed E-state index contributed by atoms with van der Waals surface area (Å²) < 4.78 is 33.8. The van der Waals surface area contributed by atoms with Gasteiger partial charge in [0.15, 0.2) is 17.0 Å². The molecule has 0 spiro atoms. The largest absolute Gasteiger partial charge is 0.348 e. The molecule has 1 aliphatic rings. The fourth-order valence-electron chi connectivity index (χ4n) is 2.96. The molecule has 4 heterocycles. The van der Waals surface area contributed by atoms with Crippen LogP contribution < -0.4 is 4.90 Å². The van der Waals surface area contributed by atoms with E-state index in [1.54, 1.807) is 16.5 Å². The second-order valence-electron chi connectivity index (χ2n) is 7.86. The second-order valence-corrected chi connectivity index (χ2v) is 7.86. The number of anilines is 1. The maximum atomic E-state index is 13.8. The molecule has 0 atom stereocenters. The van der Waals surface area contributed by atoms with Crippen molar-refractivity contribution in [2.75, 3.05) is 18.0 Å². The second kappa shape index (κ2) is 5.89. The van der Waals surface area contributed by atoms with Gasteiger partial charge in [0.05, 0.1) is 13.1 Å². The highest BCUT2D eigenvalue weighted by Gasteiger charge is 2.40. The van der Waals surface area contributed by atoms with Crippen molar-refractivity contribution in [1.29, 1.82) is 0 Å². The predicted octanol–water partition coefficient (Wildman–Crippen LogP) is 2.10. The molecule has 9 nitrogen and oxygen atoms in total. The maximum Gasteiger partial charge on any atom is 0.266 e. The zero-order valence-corrected chi connectivity index (χ0v) is 15.6.